The normalized spacial score (nSPS) is 19.4. The van der Waals surface area contributed by atoms with E-state index in [1.165, 1.54) is 17.2 Å². The highest BCUT2D eigenvalue weighted by molar-refractivity contribution is 7.90. The monoisotopic (exact) mass is 423 g/mol. The molecule has 1 N–H and O–H groups in total. The van der Waals surface area contributed by atoms with Crippen LogP contribution in [0.2, 0.25) is 0 Å². The second-order valence-corrected chi connectivity index (χ2v) is 8.47. The Labute approximate surface area is 176 Å². The van der Waals surface area contributed by atoms with Crippen molar-refractivity contribution in [2.45, 2.75) is 30.5 Å². The van der Waals surface area contributed by atoms with Crippen molar-refractivity contribution in [2.75, 3.05) is 11.2 Å². The highest BCUT2D eigenvalue weighted by Gasteiger charge is 2.42. The minimum Gasteiger partial charge on any atom is -0.612 e. The van der Waals surface area contributed by atoms with E-state index in [1.54, 1.807) is 36.4 Å². The van der Waals surface area contributed by atoms with Crippen molar-refractivity contribution in [2.24, 2.45) is 0 Å². The van der Waals surface area contributed by atoms with Gasteiger partial charge in [-0.05, 0) is 41.4 Å². The largest absolute Gasteiger partial charge is 0.612 e. The number of amides is 2. The van der Waals surface area contributed by atoms with E-state index in [2.05, 4.69) is 5.32 Å². The SMILES string of the molecule is C[S+]([O-])c1cc(C#N)ccc1C1NC(=O)N(c2cccc(CF)c2)C2=C1C(=O)CC2. The molecule has 1 aliphatic carbocycles. The number of nitrogens with zero attached hydrogens (tertiary/aromatic N) is 2. The number of urea groups is 1. The average Bonchev–Trinajstić information content (AvgIpc) is 3.14. The van der Waals surface area contributed by atoms with Crippen molar-refractivity contribution in [3.63, 3.8) is 0 Å². The number of hydrogen-bond donors (Lipinski definition) is 1. The molecule has 2 atom stereocenters. The molecular weight excluding hydrogens is 405 g/mol. The lowest BCUT2D eigenvalue weighted by molar-refractivity contribution is -0.115. The molecule has 6 nitrogen and oxygen atoms in total. The average molecular weight is 423 g/mol. The van der Waals surface area contributed by atoms with Gasteiger partial charge in [-0.15, -0.1) is 0 Å². The molecule has 0 radical (unpaired) electrons. The van der Waals surface area contributed by atoms with Gasteiger partial charge in [-0.2, -0.15) is 5.26 Å². The second kappa shape index (κ2) is 7.94. The van der Waals surface area contributed by atoms with Crippen LogP contribution in [0.5, 0.6) is 0 Å². The fourth-order valence-corrected chi connectivity index (χ4v) is 4.79. The van der Waals surface area contributed by atoms with E-state index in [0.717, 1.165) is 0 Å². The predicted molar refractivity (Wildman–Crippen MR) is 110 cm³/mol. The molecule has 30 heavy (non-hydrogen) atoms. The van der Waals surface area contributed by atoms with Gasteiger partial charge < -0.3 is 9.87 Å². The number of halogens is 1. The third kappa shape index (κ3) is 3.36. The number of benzene rings is 2. The lowest BCUT2D eigenvalue weighted by atomic mass is 9.94. The molecule has 8 heteroatoms. The fourth-order valence-electron chi connectivity index (χ4n) is 3.98. The zero-order valence-corrected chi connectivity index (χ0v) is 17.0. The first-order valence-electron chi connectivity index (χ1n) is 9.34. The van der Waals surface area contributed by atoms with Crippen molar-refractivity contribution in [3.8, 4) is 6.07 Å². The quantitative estimate of drug-likeness (QED) is 0.759. The Morgan fingerprint density at radius 3 is 2.77 bits per heavy atom. The Balaban J connectivity index is 1.86. The van der Waals surface area contributed by atoms with Crippen LogP contribution in [-0.2, 0) is 22.6 Å². The van der Waals surface area contributed by atoms with E-state index in [1.807, 2.05) is 6.07 Å². The van der Waals surface area contributed by atoms with Crippen LogP contribution in [0.25, 0.3) is 0 Å². The third-order valence-electron chi connectivity index (χ3n) is 5.32. The molecule has 2 unspecified atom stereocenters. The summed E-state index contributed by atoms with van der Waals surface area (Å²) in [5, 5.41) is 12.0. The zero-order chi connectivity index (χ0) is 21.4. The van der Waals surface area contributed by atoms with Crippen molar-refractivity contribution < 1.29 is 18.5 Å². The molecular formula is C22H18FN3O3S. The summed E-state index contributed by atoms with van der Waals surface area (Å²) in [6.07, 6.45) is 2.14. The summed E-state index contributed by atoms with van der Waals surface area (Å²) in [7, 11) is 0. The molecule has 2 amide bonds. The Morgan fingerprint density at radius 2 is 2.07 bits per heavy atom. The van der Waals surface area contributed by atoms with Crippen LogP contribution in [0.1, 0.15) is 35.6 Å². The highest BCUT2D eigenvalue weighted by atomic mass is 32.2. The van der Waals surface area contributed by atoms with Crippen LogP contribution in [-0.4, -0.2) is 22.6 Å². The summed E-state index contributed by atoms with van der Waals surface area (Å²) in [6.45, 7) is -0.659. The molecule has 0 saturated carbocycles. The molecule has 2 aromatic carbocycles. The van der Waals surface area contributed by atoms with Gasteiger partial charge in [0.05, 0.1) is 23.4 Å². The first-order chi connectivity index (χ1) is 14.4. The summed E-state index contributed by atoms with van der Waals surface area (Å²) in [5.41, 5.74) is 2.82. The smallest absolute Gasteiger partial charge is 0.327 e. The number of nitriles is 1. The zero-order valence-electron chi connectivity index (χ0n) is 16.1. The summed E-state index contributed by atoms with van der Waals surface area (Å²) < 4.78 is 25.5. The maximum atomic E-state index is 13.1. The van der Waals surface area contributed by atoms with E-state index >= 15 is 0 Å². The summed E-state index contributed by atoms with van der Waals surface area (Å²) >= 11 is -1.42. The van der Waals surface area contributed by atoms with Gasteiger partial charge in [0.1, 0.15) is 12.9 Å². The highest BCUT2D eigenvalue weighted by Crippen LogP contribution is 2.42. The lowest BCUT2D eigenvalue weighted by Gasteiger charge is -2.35. The van der Waals surface area contributed by atoms with E-state index in [9.17, 15) is 18.5 Å². The van der Waals surface area contributed by atoms with Crippen molar-refractivity contribution in [1.29, 1.82) is 5.26 Å². The molecule has 0 saturated heterocycles. The van der Waals surface area contributed by atoms with E-state index in [4.69, 9.17) is 5.26 Å². The van der Waals surface area contributed by atoms with Crippen LogP contribution >= 0.6 is 0 Å². The number of carbonyl (C=O) groups is 2. The Hall–Kier alpha value is -3.15. The number of hydrogen-bond acceptors (Lipinski definition) is 4. The molecule has 0 spiro atoms. The van der Waals surface area contributed by atoms with Crippen LogP contribution in [0, 0.1) is 11.3 Å². The number of carbonyl (C=O) groups excluding carboxylic acids is 2. The minimum absolute atomic E-state index is 0.0983. The van der Waals surface area contributed by atoms with Crippen LogP contribution < -0.4 is 10.2 Å². The van der Waals surface area contributed by atoms with Gasteiger partial charge in [0.15, 0.2) is 10.7 Å². The molecule has 2 aliphatic rings. The summed E-state index contributed by atoms with van der Waals surface area (Å²) in [6, 6.07) is 12.1. The molecule has 152 valence electrons. The molecule has 1 aliphatic heterocycles. The minimum atomic E-state index is -1.42. The van der Waals surface area contributed by atoms with E-state index in [0.29, 0.717) is 45.0 Å². The Kier molecular flexibility index (Phi) is 5.33. The van der Waals surface area contributed by atoms with Gasteiger partial charge in [-0.25, -0.2) is 9.18 Å². The summed E-state index contributed by atoms with van der Waals surface area (Å²) in [5.74, 6) is -0.0983. The van der Waals surface area contributed by atoms with Gasteiger partial charge >= 0.3 is 6.03 Å². The van der Waals surface area contributed by atoms with Crippen LogP contribution in [0.3, 0.4) is 0 Å². The lowest BCUT2D eigenvalue weighted by Crippen LogP contribution is -2.47. The van der Waals surface area contributed by atoms with E-state index < -0.39 is 29.9 Å². The van der Waals surface area contributed by atoms with Crippen LogP contribution in [0.4, 0.5) is 14.9 Å². The topological polar surface area (TPSA) is 96.3 Å². The molecule has 0 bridgehead atoms. The maximum Gasteiger partial charge on any atom is 0.327 e. The third-order valence-corrected chi connectivity index (χ3v) is 6.29. The number of Topliss-reactive ketones (excluding diaryl/α,β-unsaturated/α-hetero) is 1. The van der Waals surface area contributed by atoms with Gasteiger partial charge in [0.25, 0.3) is 0 Å². The van der Waals surface area contributed by atoms with E-state index in [-0.39, 0.29) is 12.2 Å². The first kappa shape index (κ1) is 20.1. The van der Waals surface area contributed by atoms with Crippen molar-refractivity contribution in [1.82, 2.24) is 5.32 Å². The molecule has 4 rings (SSSR count). The van der Waals surface area contributed by atoms with Gasteiger partial charge in [0, 0.05) is 29.3 Å². The predicted octanol–water partition coefficient (Wildman–Crippen LogP) is 3.65. The number of ketones is 1. The molecule has 1 heterocycles. The molecule has 0 aromatic heterocycles. The molecule has 2 aromatic rings. The fraction of sp³-hybridized carbons (Fsp3) is 0.227. The number of anilines is 1. The first-order valence-corrected chi connectivity index (χ1v) is 10.9. The number of nitrogens with one attached hydrogen (secondary N) is 1. The Bertz CT molecular complexity index is 1120. The van der Waals surface area contributed by atoms with Crippen molar-refractivity contribution >= 4 is 28.7 Å². The maximum absolute atomic E-state index is 13.1. The Morgan fingerprint density at radius 1 is 1.27 bits per heavy atom. The van der Waals surface area contributed by atoms with Gasteiger partial charge in [-0.1, -0.05) is 18.2 Å². The van der Waals surface area contributed by atoms with Gasteiger partial charge in [0.2, 0.25) is 0 Å². The number of rotatable bonds is 4. The second-order valence-electron chi connectivity index (χ2n) is 7.12. The number of allylic oxidation sites excluding steroid dienone is 1. The molecule has 0 fully saturated rings. The summed E-state index contributed by atoms with van der Waals surface area (Å²) in [4.78, 5) is 27.7. The van der Waals surface area contributed by atoms with Crippen molar-refractivity contribution in [3.05, 3.63) is 70.4 Å². The van der Waals surface area contributed by atoms with Crippen LogP contribution in [0.15, 0.2) is 58.6 Å². The van der Waals surface area contributed by atoms with Gasteiger partial charge in [-0.3, -0.25) is 9.69 Å². The standard InChI is InChI=1S/C22H18FN3O3S/c1-30(29)19-10-14(12-24)5-6-16(19)21-20-17(7-8-18(20)27)26(22(28)25-21)15-4-2-3-13(9-15)11-23/h2-6,9-10,21H,7-8,11H2,1H3,(H,25,28). The number of alkyl halides is 1.